The van der Waals surface area contributed by atoms with Crippen LogP contribution in [0, 0.1) is 0 Å². The first kappa shape index (κ1) is 21.1. The van der Waals surface area contributed by atoms with Gasteiger partial charge in [0.05, 0.1) is 0 Å². The zero-order chi connectivity index (χ0) is 18.2. The first-order valence-electron chi connectivity index (χ1n) is 9.26. The van der Waals surface area contributed by atoms with Gasteiger partial charge in [0.2, 0.25) is 0 Å². The van der Waals surface area contributed by atoms with Crippen LogP contribution >= 0.6 is 0 Å². The maximum absolute atomic E-state index is 10.5. The minimum Gasteiger partial charge on any atom is -0.386 e. The molecule has 1 fully saturated rings. The smallest absolute Gasteiger partial charge is 0.107 e. The summed E-state index contributed by atoms with van der Waals surface area (Å²) < 4.78 is 0. The molecule has 0 aromatic heterocycles. The molecule has 0 unspecified atom stereocenters. The monoisotopic (exact) mass is 335 g/mol. The highest BCUT2D eigenvalue weighted by atomic mass is 16.4. The fourth-order valence-electron chi connectivity index (χ4n) is 3.12. The molecule has 0 bridgehead atoms. The summed E-state index contributed by atoms with van der Waals surface area (Å²) >= 11 is 0. The maximum atomic E-state index is 10.5. The van der Waals surface area contributed by atoms with E-state index in [1.165, 1.54) is 16.7 Å². The third-order valence-electron chi connectivity index (χ3n) is 5.06. The molecule has 0 aromatic rings. The minimum absolute atomic E-state index is 0.461. The van der Waals surface area contributed by atoms with Gasteiger partial charge >= 0.3 is 0 Å². The van der Waals surface area contributed by atoms with Gasteiger partial charge in [-0.15, -0.1) is 0 Å². The minimum atomic E-state index is -1.03. The Hall–Kier alpha value is -0.900. The first-order valence-corrected chi connectivity index (χ1v) is 9.26. The number of allylic oxidation sites excluding steroid dienone is 6. The molecule has 1 aliphatic rings. The molecule has 3 heteroatoms. The Labute approximate surface area is 148 Å². The lowest BCUT2D eigenvalue weighted by molar-refractivity contribution is -0.109. The molecule has 0 spiro atoms. The van der Waals surface area contributed by atoms with E-state index in [-0.39, 0.29) is 0 Å². The van der Waals surface area contributed by atoms with Gasteiger partial charge in [0, 0.05) is 13.1 Å². The molecule has 3 N–H and O–H groups in total. The summed E-state index contributed by atoms with van der Waals surface area (Å²) in [6.07, 6.45) is 12.7. The second-order valence-electron chi connectivity index (χ2n) is 7.91. The van der Waals surface area contributed by atoms with Crippen LogP contribution in [0.2, 0.25) is 0 Å². The Kier molecular flexibility index (Phi) is 8.41. The van der Waals surface area contributed by atoms with Gasteiger partial charge in [-0.25, -0.2) is 0 Å². The lowest BCUT2D eigenvalue weighted by Crippen LogP contribution is -2.51. The molecular weight excluding hydrogens is 298 g/mol. The third-order valence-corrected chi connectivity index (χ3v) is 5.06. The van der Waals surface area contributed by atoms with E-state index in [1.54, 1.807) is 6.92 Å². The van der Waals surface area contributed by atoms with Gasteiger partial charge in [0.1, 0.15) is 11.2 Å². The van der Waals surface area contributed by atoms with Gasteiger partial charge in [-0.3, -0.25) is 0 Å². The van der Waals surface area contributed by atoms with Crippen molar-refractivity contribution >= 4 is 0 Å². The standard InChI is InChI=1S/C21H37NO2/c1-17(2)9-6-10-18(3)11-7-12-19(4)13-8-14-21(24)16-22-15-20(21,5)23/h9,11,13,22-24H,6-8,10,12,14-16H2,1-5H3/b18-11+,19-13+/t20-,21+/m0/s1. The SMILES string of the molecule is CC(C)=CCC/C(C)=C/CC/C(C)=C/CC[C@@]1(O)CNC[C@]1(C)O. The highest BCUT2D eigenvalue weighted by Gasteiger charge is 2.49. The van der Waals surface area contributed by atoms with Gasteiger partial charge in [-0.05, 0) is 73.1 Å². The van der Waals surface area contributed by atoms with Crippen molar-refractivity contribution in [1.82, 2.24) is 5.32 Å². The van der Waals surface area contributed by atoms with Gasteiger partial charge < -0.3 is 15.5 Å². The summed E-state index contributed by atoms with van der Waals surface area (Å²) in [5.74, 6) is 0. The maximum Gasteiger partial charge on any atom is 0.107 e. The fraction of sp³-hybridized carbons (Fsp3) is 0.714. The first-order chi connectivity index (χ1) is 11.2. The van der Waals surface area contributed by atoms with Crippen molar-refractivity contribution in [3.63, 3.8) is 0 Å². The molecule has 1 saturated heterocycles. The lowest BCUT2D eigenvalue weighted by Gasteiger charge is -2.33. The van der Waals surface area contributed by atoms with E-state index < -0.39 is 11.2 Å². The van der Waals surface area contributed by atoms with Crippen molar-refractivity contribution in [3.8, 4) is 0 Å². The van der Waals surface area contributed by atoms with E-state index >= 15 is 0 Å². The lowest BCUT2D eigenvalue weighted by atomic mass is 9.83. The van der Waals surface area contributed by atoms with Crippen LogP contribution in [0.1, 0.15) is 73.1 Å². The van der Waals surface area contributed by atoms with Crippen LogP contribution in [0.3, 0.4) is 0 Å². The largest absolute Gasteiger partial charge is 0.386 e. The molecule has 1 aliphatic heterocycles. The van der Waals surface area contributed by atoms with E-state index in [2.05, 4.69) is 51.2 Å². The Morgan fingerprint density at radius 2 is 1.42 bits per heavy atom. The van der Waals surface area contributed by atoms with Crippen molar-refractivity contribution in [2.75, 3.05) is 13.1 Å². The molecule has 2 atom stereocenters. The number of hydrogen-bond donors (Lipinski definition) is 3. The summed E-state index contributed by atoms with van der Waals surface area (Å²) in [7, 11) is 0. The summed E-state index contributed by atoms with van der Waals surface area (Å²) in [6, 6.07) is 0. The molecule has 0 amide bonds. The Balaban J connectivity index is 2.31. The highest BCUT2D eigenvalue weighted by Crippen LogP contribution is 2.30. The number of rotatable bonds is 9. The summed E-state index contributed by atoms with van der Waals surface area (Å²) in [5.41, 5.74) is 2.17. The zero-order valence-corrected chi connectivity index (χ0v) is 16.3. The van der Waals surface area contributed by atoms with Gasteiger partial charge in [-0.1, -0.05) is 34.9 Å². The fourth-order valence-corrected chi connectivity index (χ4v) is 3.12. The molecule has 1 rings (SSSR count). The van der Waals surface area contributed by atoms with Crippen LogP contribution in [0.4, 0.5) is 0 Å². The summed E-state index contributed by atoms with van der Waals surface area (Å²) in [5, 5.41) is 23.9. The van der Waals surface area contributed by atoms with Crippen LogP contribution in [-0.4, -0.2) is 34.5 Å². The Morgan fingerprint density at radius 1 is 0.875 bits per heavy atom. The quantitative estimate of drug-likeness (QED) is 0.552. The normalized spacial score (nSPS) is 28.3. The molecule has 138 valence electrons. The predicted molar refractivity (Wildman–Crippen MR) is 103 cm³/mol. The second-order valence-corrected chi connectivity index (χ2v) is 7.91. The highest BCUT2D eigenvalue weighted by molar-refractivity contribution is 5.08. The van der Waals surface area contributed by atoms with E-state index in [0.29, 0.717) is 19.5 Å². The van der Waals surface area contributed by atoms with E-state index in [0.717, 1.165) is 32.1 Å². The average Bonchev–Trinajstić information content (AvgIpc) is 2.72. The predicted octanol–water partition coefficient (Wildman–Crippen LogP) is 4.27. The van der Waals surface area contributed by atoms with Crippen LogP contribution < -0.4 is 5.32 Å². The summed E-state index contributed by atoms with van der Waals surface area (Å²) in [6.45, 7) is 11.3. The van der Waals surface area contributed by atoms with Crippen LogP contribution in [0.25, 0.3) is 0 Å². The van der Waals surface area contributed by atoms with Crippen molar-refractivity contribution in [2.45, 2.75) is 84.3 Å². The number of β-amino-alcohol motifs (C(OH)–C–C–N with tert-alkyl or cyclic N) is 2. The van der Waals surface area contributed by atoms with Crippen molar-refractivity contribution < 1.29 is 10.2 Å². The van der Waals surface area contributed by atoms with Gasteiger partial charge in [0.25, 0.3) is 0 Å². The molecule has 3 nitrogen and oxygen atoms in total. The van der Waals surface area contributed by atoms with Gasteiger partial charge in [-0.2, -0.15) is 0 Å². The molecule has 0 aromatic carbocycles. The van der Waals surface area contributed by atoms with Crippen molar-refractivity contribution in [2.24, 2.45) is 0 Å². The molecule has 1 heterocycles. The van der Waals surface area contributed by atoms with Crippen molar-refractivity contribution in [3.05, 3.63) is 34.9 Å². The second kappa shape index (κ2) is 9.55. The van der Waals surface area contributed by atoms with E-state index in [1.807, 2.05) is 0 Å². The molecule has 0 aliphatic carbocycles. The third kappa shape index (κ3) is 6.92. The van der Waals surface area contributed by atoms with E-state index in [4.69, 9.17) is 0 Å². The van der Waals surface area contributed by atoms with Crippen LogP contribution in [-0.2, 0) is 0 Å². The number of aliphatic hydroxyl groups is 2. The van der Waals surface area contributed by atoms with Crippen LogP contribution in [0.15, 0.2) is 34.9 Å². The zero-order valence-electron chi connectivity index (χ0n) is 16.3. The molecule has 0 radical (unpaired) electrons. The van der Waals surface area contributed by atoms with Crippen molar-refractivity contribution in [1.29, 1.82) is 0 Å². The van der Waals surface area contributed by atoms with Crippen LogP contribution in [0.5, 0.6) is 0 Å². The molecule has 0 saturated carbocycles. The molecular formula is C21H37NO2. The Bertz CT molecular complexity index is 484. The van der Waals surface area contributed by atoms with Gasteiger partial charge in [0.15, 0.2) is 0 Å². The Morgan fingerprint density at radius 3 is 1.92 bits per heavy atom. The van der Waals surface area contributed by atoms with E-state index in [9.17, 15) is 10.2 Å². The average molecular weight is 336 g/mol. The number of hydrogen-bond acceptors (Lipinski definition) is 3. The topological polar surface area (TPSA) is 52.5 Å². The molecule has 24 heavy (non-hydrogen) atoms. The summed E-state index contributed by atoms with van der Waals surface area (Å²) in [4.78, 5) is 0. The number of nitrogens with one attached hydrogen (secondary N) is 1.